The van der Waals surface area contributed by atoms with Crippen molar-refractivity contribution in [3.8, 4) is 16.9 Å². The molecule has 0 unspecified atom stereocenters. The van der Waals surface area contributed by atoms with Crippen LogP contribution in [0.5, 0.6) is 5.75 Å². The number of hydrogen-bond donors (Lipinski definition) is 0. The van der Waals surface area contributed by atoms with Gasteiger partial charge in [-0.2, -0.15) is 0 Å². The molecule has 0 heterocycles. The fourth-order valence-electron chi connectivity index (χ4n) is 2.44. The second-order valence-corrected chi connectivity index (χ2v) is 7.11. The van der Waals surface area contributed by atoms with Crippen LogP contribution in [0.15, 0.2) is 48.5 Å². The second-order valence-electron chi connectivity index (χ2n) is 7.11. The highest BCUT2D eigenvalue weighted by molar-refractivity contribution is 5.75. The fraction of sp³-hybridized carbons (Fsp3) is 0.318. The molecule has 2 aromatic rings. The van der Waals surface area contributed by atoms with Gasteiger partial charge in [-0.25, -0.2) is 0 Å². The Hall–Kier alpha value is -2.55. The Kier molecular flexibility index (Phi) is 6.02. The van der Waals surface area contributed by atoms with Crippen LogP contribution < -0.4 is 4.74 Å². The van der Waals surface area contributed by atoms with Crippen LogP contribution >= 0.6 is 0 Å². The largest absolute Gasteiger partial charge is 0.496 e. The van der Waals surface area contributed by atoms with Gasteiger partial charge >= 0.3 is 5.97 Å². The highest BCUT2D eigenvalue weighted by Crippen LogP contribution is 2.32. The van der Waals surface area contributed by atoms with E-state index in [0.29, 0.717) is 0 Å². The lowest BCUT2D eigenvalue weighted by Crippen LogP contribution is -2.04. The highest BCUT2D eigenvalue weighted by atomic mass is 16.5. The van der Waals surface area contributed by atoms with Crippen LogP contribution in [0.3, 0.4) is 0 Å². The number of benzene rings is 2. The minimum atomic E-state index is -0.236. The molecule has 0 bridgehead atoms. The molecule has 0 N–H and O–H groups in total. The first kappa shape index (κ1) is 18.8. The minimum absolute atomic E-state index is 0.135. The van der Waals surface area contributed by atoms with Crippen LogP contribution in [0.25, 0.3) is 17.2 Å². The quantitative estimate of drug-likeness (QED) is 0.708. The van der Waals surface area contributed by atoms with E-state index in [1.54, 1.807) is 7.11 Å². The summed E-state index contributed by atoms with van der Waals surface area (Å²) in [5.74, 6) is 0.591. The number of allylic oxidation sites excluding steroid dienone is 1. The monoisotopic (exact) mass is 338 g/mol. The Bertz CT molecular complexity index is 750. The van der Waals surface area contributed by atoms with Gasteiger partial charge in [0.1, 0.15) is 5.75 Å². The maximum atomic E-state index is 11.4. The van der Waals surface area contributed by atoms with Crippen LogP contribution in [0.4, 0.5) is 0 Å². The van der Waals surface area contributed by atoms with Crippen molar-refractivity contribution >= 4 is 12.0 Å². The van der Waals surface area contributed by atoms with Crippen molar-refractivity contribution in [3.05, 3.63) is 59.7 Å². The molecule has 0 fully saturated rings. The van der Waals surface area contributed by atoms with E-state index in [9.17, 15) is 4.79 Å². The summed E-state index contributed by atoms with van der Waals surface area (Å²) in [4.78, 5) is 11.4. The molecular weight excluding hydrogens is 312 g/mol. The average molecular weight is 338 g/mol. The van der Waals surface area contributed by atoms with Gasteiger partial charge in [0.05, 0.1) is 20.6 Å². The summed E-state index contributed by atoms with van der Waals surface area (Å²) in [6.07, 6.45) is 4.61. The molecule has 0 aliphatic rings. The summed E-state index contributed by atoms with van der Waals surface area (Å²) in [5, 5.41) is 0. The van der Waals surface area contributed by atoms with E-state index in [-0.39, 0.29) is 17.8 Å². The lowest BCUT2D eigenvalue weighted by molar-refractivity contribution is -0.139. The number of hydrogen-bond acceptors (Lipinski definition) is 3. The van der Waals surface area contributed by atoms with Gasteiger partial charge in [0.15, 0.2) is 0 Å². The standard InChI is InChI=1S/C22H26O3/c1-22(2,3)13-12-17-8-11-20(24-4)19(14-17)18-9-6-16(7-10-18)15-21(23)25-5/h6-14H,15H2,1-5H3/b13-12+. The summed E-state index contributed by atoms with van der Waals surface area (Å²) >= 11 is 0. The Morgan fingerprint density at radius 1 is 1.04 bits per heavy atom. The Labute approximate surface area is 150 Å². The maximum absolute atomic E-state index is 11.4. The number of carbonyl (C=O) groups excluding carboxylic acids is 1. The van der Waals surface area contributed by atoms with Crippen LogP contribution in [0, 0.1) is 5.41 Å². The van der Waals surface area contributed by atoms with Gasteiger partial charge in [0.2, 0.25) is 0 Å². The third-order valence-corrected chi connectivity index (χ3v) is 3.84. The molecule has 0 spiro atoms. The summed E-state index contributed by atoms with van der Waals surface area (Å²) in [5.41, 5.74) is 4.28. The van der Waals surface area contributed by atoms with Crippen LogP contribution in [-0.2, 0) is 16.0 Å². The van der Waals surface area contributed by atoms with E-state index in [4.69, 9.17) is 9.47 Å². The van der Waals surface area contributed by atoms with E-state index >= 15 is 0 Å². The Balaban J connectivity index is 2.33. The van der Waals surface area contributed by atoms with Gasteiger partial charge in [0, 0.05) is 5.56 Å². The molecule has 3 heteroatoms. The normalized spacial score (nSPS) is 11.6. The summed E-state index contributed by atoms with van der Waals surface area (Å²) in [6, 6.07) is 14.1. The predicted octanol–water partition coefficient (Wildman–Crippen LogP) is 5.14. The van der Waals surface area contributed by atoms with Crippen molar-refractivity contribution in [1.29, 1.82) is 0 Å². The Morgan fingerprint density at radius 3 is 2.28 bits per heavy atom. The zero-order chi connectivity index (χ0) is 18.4. The summed E-state index contributed by atoms with van der Waals surface area (Å²) < 4.78 is 10.2. The first-order chi connectivity index (χ1) is 11.8. The zero-order valence-corrected chi connectivity index (χ0v) is 15.6. The molecule has 0 aliphatic carbocycles. The van der Waals surface area contributed by atoms with E-state index < -0.39 is 0 Å². The van der Waals surface area contributed by atoms with Crippen molar-refractivity contribution in [1.82, 2.24) is 0 Å². The van der Waals surface area contributed by atoms with Gasteiger partial charge in [0.25, 0.3) is 0 Å². The lowest BCUT2D eigenvalue weighted by atomic mass is 9.94. The predicted molar refractivity (Wildman–Crippen MR) is 103 cm³/mol. The fourth-order valence-corrected chi connectivity index (χ4v) is 2.44. The van der Waals surface area contributed by atoms with Gasteiger partial charge in [-0.3, -0.25) is 4.79 Å². The Morgan fingerprint density at radius 2 is 1.72 bits per heavy atom. The molecule has 25 heavy (non-hydrogen) atoms. The maximum Gasteiger partial charge on any atom is 0.309 e. The topological polar surface area (TPSA) is 35.5 Å². The third-order valence-electron chi connectivity index (χ3n) is 3.84. The van der Waals surface area contributed by atoms with E-state index in [2.05, 4.69) is 45.1 Å². The van der Waals surface area contributed by atoms with Crippen LogP contribution in [0.1, 0.15) is 31.9 Å². The number of methoxy groups -OCH3 is 2. The van der Waals surface area contributed by atoms with Crippen molar-refractivity contribution in [2.24, 2.45) is 5.41 Å². The number of carbonyl (C=O) groups is 1. The average Bonchev–Trinajstić information content (AvgIpc) is 2.59. The molecule has 3 nitrogen and oxygen atoms in total. The second kappa shape index (κ2) is 8.02. The molecule has 132 valence electrons. The minimum Gasteiger partial charge on any atom is -0.496 e. The molecule has 0 aromatic heterocycles. The van der Waals surface area contributed by atoms with Gasteiger partial charge in [-0.05, 0) is 34.2 Å². The molecule has 0 aliphatic heterocycles. The zero-order valence-electron chi connectivity index (χ0n) is 15.6. The summed E-state index contributed by atoms with van der Waals surface area (Å²) in [7, 11) is 3.08. The third kappa shape index (κ3) is 5.49. The molecule has 0 amide bonds. The molecule has 2 aromatic carbocycles. The highest BCUT2D eigenvalue weighted by Gasteiger charge is 2.09. The van der Waals surface area contributed by atoms with E-state index in [1.807, 2.05) is 30.3 Å². The molecular formula is C22H26O3. The van der Waals surface area contributed by atoms with E-state index in [1.165, 1.54) is 7.11 Å². The van der Waals surface area contributed by atoms with Crippen molar-refractivity contribution < 1.29 is 14.3 Å². The number of ether oxygens (including phenoxy) is 2. The number of esters is 1. The van der Waals surface area contributed by atoms with Gasteiger partial charge in [-0.1, -0.05) is 63.3 Å². The first-order valence-electron chi connectivity index (χ1n) is 8.36. The smallest absolute Gasteiger partial charge is 0.309 e. The molecule has 2 rings (SSSR count). The first-order valence-corrected chi connectivity index (χ1v) is 8.36. The van der Waals surface area contributed by atoms with Crippen LogP contribution in [0.2, 0.25) is 0 Å². The molecule has 0 saturated heterocycles. The van der Waals surface area contributed by atoms with Crippen molar-refractivity contribution in [2.45, 2.75) is 27.2 Å². The van der Waals surface area contributed by atoms with Crippen molar-refractivity contribution in [3.63, 3.8) is 0 Å². The molecule has 0 saturated carbocycles. The lowest BCUT2D eigenvalue weighted by Gasteiger charge is -2.13. The van der Waals surface area contributed by atoms with Gasteiger partial charge < -0.3 is 9.47 Å². The molecule has 0 radical (unpaired) electrons. The van der Waals surface area contributed by atoms with Crippen molar-refractivity contribution in [2.75, 3.05) is 14.2 Å². The summed E-state index contributed by atoms with van der Waals surface area (Å²) in [6.45, 7) is 6.52. The van der Waals surface area contributed by atoms with Crippen LogP contribution in [-0.4, -0.2) is 20.2 Å². The van der Waals surface area contributed by atoms with Gasteiger partial charge in [-0.15, -0.1) is 0 Å². The van der Waals surface area contributed by atoms with E-state index in [0.717, 1.165) is 28.0 Å². The SMILES string of the molecule is COC(=O)Cc1ccc(-c2cc(/C=C/C(C)(C)C)ccc2OC)cc1. The number of rotatable bonds is 5. The molecule has 0 atom stereocenters.